The van der Waals surface area contributed by atoms with E-state index in [1.165, 1.54) is 42.7 Å². The molecule has 0 aromatic carbocycles. The van der Waals surface area contributed by atoms with Crippen LogP contribution in [0.15, 0.2) is 122 Å². The minimum atomic E-state index is -0.714. The number of carbonyl (C=O) groups excluding carboxylic acids is 16. The third-order valence-corrected chi connectivity index (χ3v) is 23.9. The summed E-state index contributed by atoms with van der Waals surface area (Å²) in [5, 5.41) is 19.0. The molecular weight excluding hydrogens is 1950 g/mol. The lowest BCUT2D eigenvalue weighted by atomic mass is 9.60. The Morgan fingerprint density at radius 3 is 0.676 bits per heavy atom. The third kappa shape index (κ3) is 60.9. The molecule has 0 saturated heterocycles. The van der Waals surface area contributed by atoms with Crippen LogP contribution in [0.1, 0.15) is 214 Å². The van der Waals surface area contributed by atoms with Gasteiger partial charge in [0.25, 0.3) is 0 Å². The predicted molar refractivity (Wildman–Crippen MR) is 531 cm³/mol. The monoisotopic (exact) mass is 2110 g/mol. The molecule has 2 N–H and O–H groups in total. The maximum atomic E-state index is 12.0. The van der Waals surface area contributed by atoms with Crippen LogP contribution in [-0.4, -0.2) is 329 Å². The molecule has 0 aromatic rings. The number of aliphatic hydroxyl groups is 2. The second kappa shape index (κ2) is 78.7. The predicted octanol–water partition coefficient (Wildman–Crippen LogP) is 10.7. The third-order valence-electron chi connectivity index (χ3n) is 23.9. The van der Waals surface area contributed by atoms with E-state index in [0.717, 1.165) is 116 Å². The summed E-state index contributed by atoms with van der Waals surface area (Å²) in [5.41, 5.74) is 1.72. The van der Waals surface area contributed by atoms with Gasteiger partial charge in [-0.1, -0.05) is 99.9 Å². The maximum Gasteiger partial charge on any atom is 0.337 e. The summed E-state index contributed by atoms with van der Waals surface area (Å²) in [4.78, 5) is 185. The Morgan fingerprint density at radius 1 is 0.230 bits per heavy atom. The van der Waals surface area contributed by atoms with Gasteiger partial charge in [0.1, 0.15) is 90.5 Å². The Hall–Kier alpha value is -11.5. The Morgan fingerprint density at radius 2 is 0.432 bits per heavy atom. The van der Waals surface area contributed by atoms with E-state index in [1.807, 2.05) is 0 Å². The zero-order valence-corrected chi connectivity index (χ0v) is 86.9. The van der Waals surface area contributed by atoms with Crippen LogP contribution in [0.5, 0.6) is 0 Å². The van der Waals surface area contributed by atoms with Crippen molar-refractivity contribution in [2.24, 2.45) is 17.3 Å². The highest BCUT2D eigenvalue weighted by molar-refractivity contribution is 5.93. The van der Waals surface area contributed by atoms with Crippen molar-refractivity contribution in [2.75, 3.05) is 175 Å². The van der Waals surface area contributed by atoms with Crippen LogP contribution in [0.25, 0.3) is 0 Å². The summed E-state index contributed by atoms with van der Waals surface area (Å²) in [5.74, 6) is -8.05. The molecule has 148 heavy (non-hydrogen) atoms. The van der Waals surface area contributed by atoms with Gasteiger partial charge in [-0.15, -0.1) is 0 Å². The van der Waals surface area contributed by atoms with Crippen LogP contribution in [0.3, 0.4) is 0 Å². The fourth-order valence-corrected chi connectivity index (χ4v) is 15.0. The van der Waals surface area contributed by atoms with Crippen molar-refractivity contribution in [3.8, 4) is 0 Å². The molecule has 836 valence electrons. The van der Waals surface area contributed by atoms with Crippen LogP contribution < -0.4 is 0 Å². The number of methoxy groups -OCH3 is 6. The van der Waals surface area contributed by atoms with Crippen LogP contribution in [0, 0.1) is 17.3 Å². The van der Waals surface area contributed by atoms with Gasteiger partial charge in [-0.05, 0) is 184 Å². The van der Waals surface area contributed by atoms with E-state index in [2.05, 4.69) is 108 Å². The molecule has 6 aliphatic carbocycles. The van der Waals surface area contributed by atoms with E-state index in [4.69, 9.17) is 85.3 Å². The highest BCUT2D eigenvalue weighted by Crippen LogP contribution is 2.49. The van der Waals surface area contributed by atoms with Crippen molar-refractivity contribution >= 4 is 95.5 Å². The van der Waals surface area contributed by atoms with Gasteiger partial charge in [-0.25, -0.2) is 67.1 Å². The Bertz CT molecular complexity index is 4000. The van der Waals surface area contributed by atoms with Crippen molar-refractivity contribution in [1.29, 1.82) is 0 Å². The Kier molecular flexibility index (Phi) is 71.5. The van der Waals surface area contributed by atoms with Gasteiger partial charge in [-0.3, -0.25) is 9.59 Å². The van der Waals surface area contributed by atoms with Crippen molar-refractivity contribution in [3.05, 3.63) is 122 Å². The fraction of sp³-hybridized carbons (Fsp3) is 0.660. The zero-order valence-electron chi connectivity index (χ0n) is 86.9. The number of esters is 16. The van der Waals surface area contributed by atoms with E-state index in [1.54, 1.807) is 0 Å². The smallest absolute Gasteiger partial charge is 0.337 e. The van der Waals surface area contributed by atoms with E-state index in [9.17, 15) is 86.9 Å². The number of aliphatic hydroxyl groups excluding tert-OH is 2. The zero-order chi connectivity index (χ0) is 110. The first-order chi connectivity index (χ1) is 70.0. The van der Waals surface area contributed by atoms with Crippen LogP contribution in [0.2, 0.25) is 0 Å². The van der Waals surface area contributed by atoms with Gasteiger partial charge in [0, 0.05) is 26.1 Å². The SMILES string of the molecule is C.C=C(COC(=O)CCCC(=O)OCC(=C)C(=O)OC)C(=O)OC.C=C(COC(=O)COCCOCC(=O)OCC(=C)C(=O)OC1CCC(O)CC1)C(=O)OC1CCC(O)CC1.C=C(COC(=O)COCCOCC(=O)OCC(=C)C(=O)OC1CCCCC1)C(=O)OC1CCCCC1.C=C(COC1CCC(C(C)(C)C2CCC(OCC(=C)C(=O)OC)CC2)CC1)C(=O)OC.C=C(COCCCOCC(=C)C(=O)OC)C(=O)OC. The second-order valence-electron chi connectivity index (χ2n) is 35.9. The number of carbonyl (C=O) groups is 16. The minimum Gasteiger partial charge on any atom is -0.466 e. The van der Waals surface area contributed by atoms with Gasteiger partial charge in [0.15, 0.2) is 0 Å². The number of rotatable bonds is 60. The Labute approximate surface area is 868 Å². The molecule has 0 spiro atoms. The molecule has 6 fully saturated rings. The second-order valence-corrected chi connectivity index (χ2v) is 35.9. The lowest BCUT2D eigenvalue weighted by Gasteiger charge is -2.46. The average Bonchev–Trinajstić information content (AvgIpc) is 0.799. The summed E-state index contributed by atoms with van der Waals surface area (Å²) in [7, 11) is 7.68. The topological polar surface area (TPSA) is 535 Å². The first kappa shape index (κ1) is 135. The molecule has 6 aliphatic rings. The van der Waals surface area contributed by atoms with Crippen molar-refractivity contribution in [3.63, 3.8) is 0 Å². The van der Waals surface area contributed by atoms with Gasteiger partial charge < -0.3 is 124 Å². The molecule has 0 amide bonds. The molecule has 0 aromatic heterocycles. The average molecular weight is 2110 g/mol. The molecule has 6 rings (SSSR count). The summed E-state index contributed by atoms with van der Waals surface area (Å²) in [6.45, 7) is 38.9. The van der Waals surface area contributed by atoms with Crippen molar-refractivity contribution in [1.82, 2.24) is 0 Å². The van der Waals surface area contributed by atoms with Gasteiger partial charge in [-0.2, -0.15) is 0 Å². The van der Waals surface area contributed by atoms with Gasteiger partial charge in [0.05, 0.1) is 176 Å². The molecule has 0 unspecified atom stereocenters. The lowest BCUT2D eigenvalue weighted by Crippen LogP contribution is -2.39. The molecule has 0 aliphatic heterocycles. The molecule has 0 atom stereocenters. The quantitative estimate of drug-likeness (QED) is 0.0247. The van der Waals surface area contributed by atoms with Crippen LogP contribution in [0.4, 0.5) is 0 Å². The molecular formula is C106H160O42. The Balaban J connectivity index is 0.000000943. The molecule has 42 nitrogen and oxygen atoms in total. The van der Waals surface area contributed by atoms with Crippen LogP contribution in [-0.2, 0) is 190 Å². The van der Waals surface area contributed by atoms with Gasteiger partial charge in [0.2, 0.25) is 0 Å². The highest BCUT2D eigenvalue weighted by Gasteiger charge is 2.42. The molecule has 0 heterocycles. The first-order valence-electron chi connectivity index (χ1n) is 49.1. The van der Waals surface area contributed by atoms with E-state index in [0.29, 0.717) is 94.0 Å². The standard InChI is InChI=1S/C26H38O12.C26H38O10.C25H40O6.C15H20O8.C13H20O6.CH4/c1-17(25(31)37-21-7-3-19(27)4-8-21)13-35-23(29)15-33-11-12-34-16-24(30)36-14-18(2)26(32)38-22-9-5-20(28)6-10-22;1-19(25(29)35-21-9-5-3-6-10-21)15-33-23(27)17-31-13-14-32-18-24(28)34-16-20(2)26(30)36-22-11-7-4-8-12-22;1-17(23(26)28-5)15-30-21-11-7-19(8-12-21)25(3,4)20-9-13-22(14-10-20)31-16-18(2)24(27)29-6;1-10(14(18)20-3)8-22-12(16)6-5-7-13(17)23-9-11(2)15(19)21-4;1-10(12(14)16-3)8-18-6-5-7-19-9-11(2)13(15)17-4;/h19-22,27-28H,1-16H2;21-22H,1-18H2;19-22H,1-2,7-16H2,3-6H3;1-2,5-9H2,3-4H3;1-2,5-9H2,3-4H3;1H4. The summed E-state index contributed by atoms with van der Waals surface area (Å²) >= 11 is 0. The minimum absolute atomic E-state index is 0. The maximum absolute atomic E-state index is 12.0. The fourth-order valence-electron chi connectivity index (χ4n) is 15.0. The summed E-state index contributed by atoms with van der Waals surface area (Å²) in [6, 6.07) is 0. The number of ether oxygens (including phenoxy) is 24. The van der Waals surface area contributed by atoms with E-state index >= 15 is 0 Å². The van der Waals surface area contributed by atoms with E-state index < -0.39 is 109 Å². The first-order valence-corrected chi connectivity index (χ1v) is 49.1. The largest absolute Gasteiger partial charge is 0.466 e. The van der Waals surface area contributed by atoms with Gasteiger partial charge >= 0.3 is 95.5 Å². The summed E-state index contributed by atoms with van der Waals surface area (Å²) in [6.07, 6.45) is 22.8. The van der Waals surface area contributed by atoms with Crippen LogP contribution >= 0.6 is 0 Å². The number of hydrogen-bond donors (Lipinski definition) is 2. The van der Waals surface area contributed by atoms with Crippen molar-refractivity contribution in [2.45, 2.75) is 263 Å². The normalized spacial score (nSPS) is 18.3. The van der Waals surface area contributed by atoms with Crippen molar-refractivity contribution < 1.29 is 201 Å². The summed E-state index contributed by atoms with van der Waals surface area (Å²) < 4.78 is 120. The van der Waals surface area contributed by atoms with E-state index in [-0.39, 0.29) is 231 Å². The lowest BCUT2D eigenvalue weighted by molar-refractivity contribution is -0.154. The molecule has 0 radical (unpaired) electrons. The molecule has 6 saturated carbocycles. The number of hydrogen-bond acceptors (Lipinski definition) is 42. The molecule has 0 bridgehead atoms. The molecule has 42 heteroatoms. The highest BCUT2D eigenvalue weighted by atomic mass is 16.6.